The molecule has 0 aliphatic carbocycles. The van der Waals surface area contributed by atoms with Crippen molar-refractivity contribution >= 4 is 11.9 Å². The van der Waals surface area contributed by atoms with E-state index >= 15 is 0 Å². The first-order chi connectivity index (χ1) is 10.7. The van der Waals surface area contributed by atoms with Crippen LogP contribution in [0.5, 0.6) is 0 Å². The minimum atomic E-state index is -0.993. The quantitative estimate of drug-likeness (QED) is 0.523. The Bertz CT molecular complexity index is 535. The Morgan fingerprint density at radius 1 is 1.00 bits per heavy atom. The molecular formula is C13H18O10. The molecule has 23 heavy (non-hydrogen) atoms. The van der Waals surface area contributed by atoms with Gasteiger partial charge in [-0.25, -0.2) is 9.59 Å². The number of esters is 2. The third-order valence-corrected chi connectivity index (χ3v) is 3.02. The molecule has 0 radical (unpaired) electrons. The fraction of sp³-hybridized carbons (Fsp3) is 0.538. The number of carbonyl (C=O) groups excluding carboxylic acids is 2. The summed E-state index contributed by atoms with van der Waals surface area (Å²) in [5.41, 5.74) is 0. The molecular weight excluding hydrogens is 316 g/mol. The van der Waals surface area contributed by atoms with Gasteiger partial charge in [-0.2, -0.15) is 0 Å². The van der Waals surface area contributed by atoms with E-state index in [-0.39, 0.29) is 12.4 Å². The van der Waals surface area contributed by atoms with Crippen molar-refractivity contribution in [3.63, 3.8) is 0 Å². The van der Waals surface area contributed by atoms with Crippen LogP contribution < -0.4 is 0 Å². The molecule has 0 saturated heterocycles. The molecule has 4 N–H and O–H groups in total. The van der Waals surface area contributed by atoms with E-state index in [9.17, 15) is 14.7 Å². The molecule has 0 fully saturated rings. The predicted molar refractivity (Wildman–Crippen MR) is 72.7 cm³/mol. The molecule has 3 atom stereocenters. The highest BCUT2D eigenvalue weighted by atomic mass is 16.6. The van der Waals surface area contributed by atoms with Crippen molar-refractivity contribution in [2.24, 2.45) is 0 Å². The Labute approximate surface area is 131 Å². The summed E-state index contributed by atoms with van der Waals surface area (Å²) in [6.07, 6.45) is -2.32. The van der Waals surface area contributed by atoms with Crippen molar-refractivity contribution in [3.05, 3.63) is 23.0 Å². The van der Waals surface area contributed by atoms with E-state index in [0.29, 0.717) is 0 Å². The summed E-state index contributed by atoms with van der Waals surface area (Å²) in [6, 6.07) is 0. The van der Waals surface area contributed by atoms with Crippen LogP contribution in [0.4, 0.5) is 0 Å². The maximum Gasteiger partial charge on any atom is 0.377 e. The largest absolute Gasteiger partial charge is 0.505 e. The number of methoxy groups -OCH3 is 2. The molecule has 2 heterocycles. The molecule has 10 heteroatoms. The number of aliphatic hydroxyl groups excluding tert-OH is 4. The second-order valence-electron chi connectivity index (χ2n) is 4.57. The summed E-state index contributed by atoms with van der Waals surface area (Å²) in [6.45, 7) is 1.61. The number of hydrogen-bond acceptors (Lipinski definition) is 10. The van der Waals surface area contributed by atoms with Crippen LogP contribution in [0.15, 0.2) is 23.0 Å². The average molecular weight is 334 g/mol. The van der Waals surface area contributed by atoms with Crippen LogP contribution in [-0.2, 0) is 28.5 Å². The third-order valence-electron chi connectivity index (χ3n) is 3.02. The van der Waals surface area contributed by atoms with Gasteiger partial charge in [0, 0.05) is 14.2 Å². The number of rotatable bonds is 4. The molecule has 0 spiro atoms. The van der Waals surface area contributed by atoms with E-state index in [1.165, 1.54) is 21.1 Å². The summed E-state index contributed by atoms with van der Waals surface area (Å²) in [5.74, 6) is -4.17. The Hall–Kier alpha value is -2.46. The van der Waals surface area contributed by atoms with Crippen LogP contribution in [0.3, 0.4) is 0 Å². The van der Waals surface area contributed by atoms with E-state index in [2.05, 4.69) is 9.47 Å². The molecule has 0 bridgehead atoms. The highest BCUT2D eigenvalue weighted by molar-refractivity contribution is 5.89. The molecule has 2 aliphatic heterocycles. The van der Waals surface area contributed by atoms with Crippen molar-refractivity contribution in [3.8, 4) is 0 Å². The summed E-state index contributed by atoms with van der Waals surface area (Å²) in [7, 11) is 2.84. The SMILES string of the molecule is CC1OC(=O)C(O)=C1O.COCC(OC)C1OC(=O)C(O)=C1O. The lowest BCUT2D eigenvalue weighted by Gasteiger charge is -2.19. The van der Waals surface area contributed by atoms with Gasteiger partial charge < -0.3 is 39.4 Å². The van der Waals surface area contributed by atoms with Gasteiger partial charge in [-0.15, -0.1) is 0 Å². The van der Waals surface area contributed by atoms with E-state index in [1.54, 1.807) is 0 Å². The van der Waals surface area contributed by atoms with Crippen LogP contribution in [0.1, 0.15) is 6.92 Å². The number of aliphatic hydroxyl groups is 4. The topological polar surface area (TPSA) is 152 Å². The van der Waals surface area contributed by atoms with Gasteiger partial charge in [0.15, 0.2) is 23.7 Å². The first-order valence-corrected chi connectivity index (χ1v) is 6.42. The monoisotopic (exact) mass is 334 g/mol. The zero-order valence-corrected chi connectivity index (χ0v) is 12.7. The zero-order chi connectivity index (χ0) is 17.7. The molecule has 2 rings (SSSR count). The zero-order valence-electron chi connectivity index (χ0n) is 12.7. The molecule has 0 amide bonds. The lowest BCUT2D eigenvalue weighted by Crippen LogP contribution is -2.34. The van der Waals surface area contributed by atoms with Gasteiger partial charge in [-0.1, -0.05) is 0 Å². The molecule has 3 unspecified atom stereocenters. The molecule has 0 saturated carbocycles. The fourth-order valence-corrected chi connectivity index (χ4v) is 1.73. The summed E-state index contributed by atoms with van der Waals surface area (Å²) >= 11 is 0. The molecule has 10 nitrogen and oxygen atoms in total. The maximum absolute atomic E-state index is 10.8. The highest BCUT2D eigenvalue weighted by Crippen LogP contribution is 2.22. The second-order valence-corrected chi connectivity index (χ2v) is 4.57. The Morgan fingerprint density at radius 2 is 1.52 bits per heavy atom. The minimum Gasteiger partial charge on any atom is -0.505 e. The second kappa shape index (κ2) is 7.70. The van der Waals surface area contributed by atoms with Crippen molar-refractivity contribution in [2.75, 3.05) is 20.8 Å². The van der Waals surface area contributed by atoms with Crippen molar-refractivity contribution < 1.29 is 49.0 Å². The fourth-order valence-electron chi connectivity index (χ4n) is 1.73. The van der Waals surface area contributed by atoms with Crippen LogP contribution in [0.2, 0.25) is 0 Å². The van der Waals surface area contributed by atoms with Crippen LogP contribution in [0.25, 0.3) is 0 Å². The van der Waals surface area contributed by atoms with Crippen molar-refractivity contribution in [2.45, 2.75) is 25.2 Å². The normalized spacial score (nSPS) is 25.0. The van der Waals surface area contributed by atoms with Gasteiger partial charge in [-0.3, -0.25) is 0 Å². The van der Waals surface area contributed by atoms with E-state index in [0.717, 1.165) is 0 Å². The number of carbonyl (C=O) groups is 2. The van der Waals surface area contributed by atoms with Crippen LogP contribution in [0, 0.1) is 0 Å². The molecule has 0 aromatic carbocycles. The first-order valence-electron chi connectivity index (χ1n) is 6.42. The maximum atomic E-state index is 10.8. The van der Waals surface area contributed by atoms with E-state index in [1.807, 2.05) is 0 Å². The summed E-state index contributed by atoms with van der Waals surface area (Å²) < 4.78 is 18.8. The van der Waals surface area contributed by atoms with Crippen molar-refractivity contribution in [1.82, 2.24) is 0 Å². The van der Waals surface area contributed by atoms with Crippen molar-refractivity contribution in [1.29, 1.82) is 0 Å². The van der Waals surface area contributed by atoms with Gasteiger partial charge in [-0.05, 0) is 6.92 Å². The standard InChI is InChI=1S/C8H12O6.C5H6O4/c1-12-3-4(13-2)7-5(9)6(10)8(11)14-7;1-2-3(6)4(7)5(8)9-2/h4,7,9-10H,3H2,1-2H3;2,6-7H,1H3. The van der Waals surface area contributed by atoms with Crippen LogP contribution >= 0.6 is 0 Å². The highest BCUT2D eigenvalue weighted by Gasteiger charge is 2.40. The number of cyclic esters (lactones) is 2. The molecule has 0 aromatic heterocycles. The van der Waals surface area contributed by atoms with E-state index < -0.39 is 47.5 Å². The van der Waals surface area contributed by atoms with Gasteiger partial charge in [0.1, 0.15) is 6.10 Å². The number of ether oxygens (including phenoxy) is 4. The Kier molecular flexibility index (Phi) is 6.22. The lowest BCUT2D eigenvalue weighted by atomic mass is 10.2. The minimum absolute atomic E-state index is 0.145. The summed E-state index contributed by atoms with van der Waals surface area (Å²) in [4.78, 5) is 21.1. The van der Waals surface area contributed by atoms with Crippen LogP contribution in [-0.4, -0.2) is 71.5 Å². The Balaban J connectivity index is 0.000000253. The Morgan fingerprint density at radius 3 is 1.78 bits per heavy atom. The average Bonchev–Trinajstić information content (AvgIpc) is 2.90. The first kappa shape index (κ1) is 18.6. The van der Waals surface area contributed by atoms with Gasteiger partial charge in [0.05, 0.1) is 6.61 Å². The predicted octanol–water partition coefficient (Wildman–Crippen LogP) is 0.160. The van der Waals surface area contributed by atoms with Gasteiger partial charge in [0.2, 0.25) is 11.5 Å². The summed E-state index contributed by atoms with van der Waals surface area (Å²) in [5, 5.41) is 35.6. The lowest BCUT2D eigenvalue weighted by molar-refractivity contribution is -0.149. The van der Waals surface area contributed by atoms with E-state index in [4.69, 9.17) is 24.8 Å². The smallest absolute Gasteiger partial charge is 0.377 e. The molecule has 2 aliphatic rings. The van der Waals surface area contributed by atoms with Gasteiger partial charge >= 0.3 is 11.9 Å². The number of hydrogen-bond donors (Lipinski definition) is 4. The van der Waals surface area contributed by atoms with Gasteiger partial charge in [0.25, 0.3) is 0 Å². The molecule has 0 aromatic rings. The molecule has 130 valence electrons. The third kappa shape index (κ3) is 4.05.